The van der Waals surface area contributed by atoms with Gasteiger partial charge in [0.25, 0.3) is 0 Å². The van der Waals surface area contributed by atoms with Gasteiger partial charge in [0.05, 0.1) is 17.1 Å². The van der Waals surface area contributed by atoms with Crippen LogP contribution in [-0.4, -0.2) is 28.7 Å². The minimum Gasteiger partial charge on any atom is -0.370 e. The van der Waals surface area contributed by atoms with E-state index in [1.807, 2.05) is 11.6 Å². The molecule has 1 aromatic carbocycles. The molecule has 3 rings (SSSR count). The van der Waals surface area contributed by atoms with E-state index in [1.165, 1.54) is 12.1 Å². The van der Waals surface area contributed by atoms with Gasteiger partial charge >= 0.3 is 0 Å². The molecule has 2 aromatic rings. The summed E-state index contributed by atoms with van der Waals surface area (Å²) in [5.41, 5.74) is 1.62. The Kier molecular flexibility index (Phi) is 3.48. The van der Waals surface area contributed by atoms with Gasteiger partial charge in [0.15, 0.2) is 0 Å². The Balaban J connectivity index is 1.75. The Labute approximate surface area is 111 Å². The van der Waals surface area contributed by atoms with E-state index < -0.39 is 0 Å². The molecule has 102 valence electrons. The number of rotatable bonds is 3. The van der Waals surface area contributed by atoms with Crippen molar-refractivity contribution in [1.82, 2.24) is 14.9 Å². The lowest BCUT2D eigenvalue weighted by molar-refractivity contribution is 0.0170. The smallest absolute Gasteiger partial charge is 0.135 e. The van der Waals surface area contributed by atoms with Crippen molar-refractivity contribution in [1.29, 1.82) is 0 Å². The van der Waals surface area contributed by atoms with Crippen molar-refractivity contribution in [2.45, 2.75) is 25.6 Å². The van der Waals surface area contributed by atoms with E-state index in [-0.39, 0.29) is 5.82 Å². The standard InChI is InChI=1S/C14H18FN3O/c1-18-13-8-10(15)2-3-12(13)17-14(18)9-19-11-4-6-16-7-5-11/h2-3,8,11,16H,4-7,9H2,1H3. The highest BCUT2D eigenvalue weighted by atomic mass is 19.1. The fourth-order valence-corrected chi connectivity index (χ4v) is 2.50. The fourth-order valence-electron chi connectivity index (χ4n) is 2.50. The van der Waals surface area contributed by atoms with Gasteiger partial charge in [-0.1, -0.05) is 0 Å². The number of halogens is 1. The number of benzene rings is 1. The molecule has 0 bridgehead atoms. The van der Waals surface area contributed by atoms with E-state index in [1.54, 1.807) is 6.07 Å². The third-order valence-corrected chi connectivity index (χ3v) is 3.67. The number of hydrogen-bond acceptors (Lipinski definition) is 3. The number of piperidine rings is 1. The lowest BCUT2D eigenvalue weighted by Gasteiger charge is -2.22. The van der Waals surface area contributed by atoms with Crippen LogP contribution in [0.1, 0.15) is 18.7 Å². The fraction of sp³-hybridized carbons (Fsp3) is 0.500. The number of imidazole rings is 1. The molecule has 5 heteroatoms. The summed E-state index contributed by atoms with van der Waals surface area (Å²) in [6, 6.07) is 4.65. The maximum atomic E-state index is 13.2. The van der Waals surface area contributed by atoms with Gasteiger partial charge in [0, 0.05) is 7.05 Å². The number of ether oxygens (including phenoxy) is 1. The van der Waals surface area contributed by atoms with Gasteiger partial charge in [-0.2, -0.15) is 0 Å². The summed E-state index contributed by atoms with van der Waals surface area (Å²) in [5.74, 6) is 0.612. The van der Waals surface area contributed by atoms with Crippen LogP contribution in [0.15, 0.2) is 18.2 Å². The first-order valence-corrected chi connectivity index (χ1v) is 6.67. The molecule has 0 aliphatic carbocycles. The molecule has 1 aliphatic rings. The van der Waals surface area contributed by atoms with Gasteiger partial charge in [0.2, 0.25) is 0 Å². The van der Waals surface area contributed by atoms with E-state index in [0.29, 0.717) is 12.7 Å². The minimum absolute atomic E-state index is 0.235. The molecule has 0 saturated carbocycles. The maximum absolute atomic E-state index is 13.2. The Hall–Kier alpha value is -1.46. The Bertz CT molecular complexity index is 575. The van der Waals surface area contributed by atoms with Crippen molar-refractivity contribution >= 4 is 11.0 Å². The quantitative estimate of drug-likeness (QED) is 0.920. The predicted octanol–water partition coefficient (Wildman–Crippen LogP) is 1.98. The number of nitrogens with zero attached hydrogens (tertiary/aromatic N) is 2. The molecule has 4 nitrogen and oxygen atoms in total. The molecule has 0 radical (unpaired) electrons. The highest BCUT2D eigenvalue weighted by Gasteiger charge is 2.15. The molecule has 1 N–H and O–H groups in total. The molecule has 1 aliphatic heterocycles. The lowest BCUT2D eigenvalue weighted by Crippen LogP contribution is -2.32. The van der Waals surface area contributed by atoms with Crippen molar-refractivity contribution in [3.05, 3.63) is 29.8 Å². The predicted molar refractivity (Wildman–Crippen MR) is 71.4 cm³/mol. The van der Waals surface area contributed by atoms with E-state index in [0.717, 1.165) is 42.8 Å². The average Bonchev–Trinajstić information content (AvgIpc) is 2.74. The third-order valence-electron chi connectivity index (χ3n) is 3.67. The van der Waals surface area contributed by atoms with Gasteiger partial charge in [-0.25, -0.2) is 9.37 Å². The second kappa shape index (κ2) is 5.27. The SMILES string of the molecule is Cn1c(COC2CCNCC2)nc2ccc(F)cc21. The van der Waals surface area contributed by atoms with Crippen LogP contribution in [0.4, 0.5) is 4.39 Å². The molecular weight excluding hydrogens is 245 g/mol. The zero-order valence-corrected chi connectivity index (χ0v) is 11.0. The number of nitrogens with one attached hydrogen (secondary N) is 1. The maximum Gasteiger partial charge on any atom is 0.135 e. The van der Waals surface area contributed by atoms with Gasteiger partial charge < -0.3 is 14.6 Å². The molecule has 0 unspecified atom stereocenters. The van der Waals surface area contributed by atoms with Crippen LogP contribution in [-0.2, 0) is 18.4 Å². The van der Waals surface area contributed by atoms with Crippen molar-refractivity contribution < 1.29 is 9.13 Å². The highest BCUT2D eigenvalue weighted by molar-refractivity contribution is 5.75. The van der Waals surface area contributed by atoms with Crippen molar-refractivity contribution in [3.8, 4) is 0 Å². The van der Waals surface area contributed by atoms with Crippen LogP contribution < -0.4 is 5.32 Å². The summed E-state index contributed by atoms with van der Waals surface area (Å²) >= 11 is 0. The van der Waals surface area contributed by atoms with Crippen LogP contribution in [0.5, 0.6) is 0 Å². The number of aromatic nitrogens is 2. The topological polar surface area (TPSA) is 39.1 Å². The van der Waals surface area contributed by atoms with Crippen LogP contribution >= 0.6 is 0 Å². The van der Waals surface area contributed by atoms with Crippen LogP contribution in [0.25, 0.3) is 11.0 Å². The zero-order valence-electron chi connectivity index (χ0n) is 11.0. The second-order valence-corrected chi connectivity index (χ2v) is 4.98. The lowest BCUT2D eigenvalue weighted by atomic mass is 10.1. The zero-order chi connectivity index (χ0) is 13.2. The molecule has 0 amide bonds. The molecular formula is C14H18FN3O. The van der Waals surface area contributed by atoms with Crippen molar-refractivity contribution in [3.63, 3.8) is 0 Å². The molecule has 0 spiro atoms. The summed E-state index contributed by atoms with van der Waals surface area (Å²) in [6.07, 6.45) is 2.38. The minimum atomic E-state index is -0.235. The monoisotopic (exact) mass is 263 g/mol. The highest BCUT2D eigenvalue weighted by Crippen LogP contribution is 2.18. The summed E-state index contributed by atoms with van der Waals surface area (Å²) in [4.78, 5) is 4.49. The molecule has 0 atom stereocenters. The van der Waals surface area contributed by atoms with Crippen molar-refractivity contribution in [2.24, 2.45) is 7.05 Å². The largest absolute Gasteiger partial charge is 0.370 e. The van der Waals surface area contributed by atoms with Crippen LogP contribution in [0.3, 0.4) is 0 Å². The number of fused-ring (bicyclic) bond motifs is 1. The molecule has 1 fully saturated rings. The first-order chi connectivity index (χ1) is 9.24. The molecule has 1 saturated heterocycles. The molecule has 1 aromatic heterocycles. The van der Waals surface area contributed by atoms with Crippen LogP contribution in [0, 0.1) is 5.82 Å². The van der Waals surface area contributed by atoms with E-state index in [4.69, 9.17) is 4.74 Å². The van der Waals surface area contributed by atoms with E-state index in [9.17, 15) is 4.39 Å². The van der Waals surface area contributed by atoms with Gasteiger partial charge in [0.1, 0.15) is 18.2 Å². The summed E-state index contributed by atoms with van der Waals surface area (Å²) in [7, 11) is 1.90. The van der Waals surface area contributed by atoms with Crippen molar-refractivity contribution in [2.75, 3.05) is 13.1 Å². The summed E-state index contributed by atoms with van der Waals surface area (Å²) in [6.45, 7) is 2.51. The molecule has 2 heterocycles. The Morgan fingerprint density at radius 1 is 1.42 bits per heavy atom. The van der Waals surface area contributed by atoms with E-state index >= 15 is 0 Å². The van der Waals surface area contributed by atoms with Gasteiger partial charge in [-0.3, -0.25) is 0 Å². The average molecular weight is 263 g/mol. The first-order valence-electron chi connectivity index (χ1n) is 6.67. The van der Waals surface area contributed by atoms with Crippen LogP contribution in [0.2, 0.25) is 0 Å². The second-order valence-electron chi connectivity index (χ2n) is 4.98. The number of hydrogen-bond donors (Lipinski definition) is 1. The Morgan fingerprint density at radius 3 is 3.00 bits per heavy atom. The summed E-state index contributed by atoms with van der Waals surface area (Å²) in [5, 5.41) is 3.31. The van der Waals surface area contributed by atoms with E-state index in [2.05, 4.69) is 10.3 Å². The van der Waals surface area contributed by atoms with Gasteiger partial charge in [-0.15, -0.1) is 0 Å². The van der Waals surface area contributed by atoms with Gasteiger partial charge in [-0.05, 0) is 44.1 Å². The Morgan fingerprint density at radius 2 is 2.21 bits per heavy atom. The number of aryl methyl sites for hydroxylation is 1. The molecule has 19 heavy (non-hydrogen) atoms. The first kappa shape index (κ1) is 12.6. The normalized spacial score (nSPS) is 17.2. The summed E-state index contributed by atoms with van der Waals surface area (Å²) < 4.78 is 21.0. The third kappa shape index (κ3) is 2.62.